The molecule has 1 saturated heterocycles. The number of likely N-dealkylation sites (tertiary alicyclic amines) is 1. The van der Waals surface area contributed by atoms with Gasteiger partial charge in [0, 0.05) is 31.1 Å². The molecule has 2 aromatic carbocycles. The van der Waals surface area contributed by atoms with Crippen molar-refractivity contribution < 1.29 is 22.4 Å². The normalized spacial score (nSPS) is 15.3. The van der Waals surface area contributed by atoms with Gasteiger partial charge in [0.25, 0.3) is 0 Å². The molecule has 1 heterocycles. The monoisotopic (exact) mass is 447 g/mol. The number of nitrogens with zero attached hydrogens (tertiary/aromatic N) is 2. The Balaban J connectivity index is 1.84. The van der Waals surface area contributed by atoms with Crippen molar-refractivity contribution in [1.29, 1.82) is 0 Å². The molecule has 9 heteroatoms. The molecule has 0 saturated carbocycles. The highest BCUT2D eigenvalue weighted by atomic mass is 32.2. The van der Waals surface area contributed by atoms with E-state index in [4.69, 9.17) is 5.73 Å². The first-order chi connectivity index (χ1) is 14.7. The molecule has 1 aliphatic heterocycles. The van der Waals surface area contributed by atoms with Crippen molar-refractivity contribution in [3.63, 3.8) is 0 Å². The van der Waals surface area contributed by atoms with Gasteiger partial charge >= 0.3 is 0 Å². The average molecular weight is 448 g/mol. The van der Waals surface area contributed by atoms with Gasteiger partial charge in [0.1, 0.15) is 5.82 Å². The lowest BCUT2D eigenvalue weighted by Crippen LogP contribution is -2.47. The van der Waals surface area contributed by atoms with E-state index in [0.717, 1.165) is 9.87 Å². The number of benzene rings is 2. The Morgan fingerprint density at radius 2 is 1.71 bits per heavy atom. The Morgan fingerprint density at radius 3 is 2.29 bits per heavy atom. The second-order valence-corrected chi connectivity index (χ2v) is 9.67. The van der Waals surface area contributed by atoms with Crippen LogP contribution < -0.4 is 5.73 Å². The third-order valence-electron chi connectivity index (χ3n) is 5.52. The number of hydrogen-bond donors (Lipinski definition) is 1. The molecule has 166 valence electrons. The molecule has 0 unspecified atom stereocenters. The predicted octanol–water partition coefficient (Wildman–Crippen LogP) is 2.05. The first kappa shape index (κ1) is 22.9. The number of carbonyl (C=O) groups excluding carboxylic acids is 2. The maximum atomic E-state index is 14.2. The maximum absolute atomic E-state index is 14.2. The van der Waals surface area contributed by atoms with Crippen LogP contribution in [-0.2, 0) is 26.2 Å². The summed E-state index contributed by atoms with van der Waals surface area (Å²) in [5.74, 6) is -1.61. The highest BCUT2D eigenvalue weighted by Crippen LogP contribution is 2.22. The number of carbonyl (C=O) groups is 2. The Kier molecular flexibility index (Phi) is 7.07. The number of hydrogen-bond acceptors (Lipinski definition) is 4. The number of amides is 2. The van der Waals surface area contributed by atoms with Gasteiger partial charge in [0.2, 0.25) is 21.8 Å². The minimum Gasteiger partial charge on any atom is -0.369 e. The Labute approximate surface area is 181 Å². The molecule has 0 radical (unpaired) electrons. The van der Waals surface area contributed by atoms with Crippen molar-refractivity contribution >= 4 is 21.8 Å². The summed E-state index contributed by atoms with van der Waals surface area (Å²) in [4.78, 5) is 25.8. The van der Waals surface area contributed by atoms with Crippen LogP contribution in [0.1, 0.15) is 24.0 Å². The molecule has 1 aliphatic rings. The number of rotatable bonds is 7. The van der Waals surface area contributed by atoms with E-state index in [0.29, 0.717) is 25.9 Å². The third kappa shape index (κ3) is 5.48. The van der Waals surface area contributed by atoms with E-state index in [9.17, 15) is 22.4 Å². The lowest BCUT2D eigenvalue weighted by molar-refractivity contribution is -0.135. The Bertz CT molecular complexity index is 1050. The highest BCUT2D eigenvalue weighted by Gasteiger charge is 2.31. The zero-order valence-corrected chi connectivity index (χ0v) is 18.1. The standard InChI is InChI=1S/C22H26FN3O4S/c1-16-6-8-19(9-7-16)31(29,30)26(14-18-4-2-3-5-20(18)23)15-21(27)25-12-10-17(11-13-25)22(24)28/h2-9,17H,10-15H2,1H3,(H2,24,28). The predicted molar refractivity (Wildman–Crippen MR) is 114 cm³/mol. The van der Waals surface area contributed by atoms with E-state index in [-0.39, 0.29) is 22.9 Å². The highest BCUT2D eigenvalue weighted by molar-refractivity contribution is 7.89. The van der Waals surface area contributed by atoms with E-state index in [2.05, 4.69) is 0 Å². The summed E-state index contributed by atoms with van der Waals surface area (Å²) in [6.07, 6.45) is 0.887. The lowest BCUT2D eigenvalue weighted by atomic mass is 9.96. The van der Waals surface area contributed by atoms with Crippen LogP contribution in [0.5, 0.6) is 0 Å². The van der Waals surface area contributed by atoms with Crippen LogP contribution in [-0.4, -0.2) is 49.1 Å². The number of piperidine rings is 1. The second kappa shape index (κ2) is 9.57. The first-order valence-electron chi connectivity index (χ1n) is 10.1. The Hall–Kier alpha value is -2.78. The summed E-state index contributed by atoms with van der Waals surface area (Å²) in [7, 11) is -4.05. The fourth-order valence-electron chi connectivity index (χ4n) is 3.57. The van der Waals surface area contributed by atoms with Crippen LogP contribution in [0, 0.1) is 18.7 Å². The fraction of sp³-hybridized carbons (Fsp3) is 0.364. The van der Waals surface area contributed by atoms with Crippen molar-refractivity contribution in [3.8, 4) is 0 Å². The molecule has 2 aromatic rings. The summed E-state index contributed by atoms with van der Waals surface area (Å²) < 4.78 is 41.8. The van der Waals surface area contributed by atoms with Crippen LogP contribution in [0.3, 0.4) is 0 Å². The van der Waals surface area contributed by atoms with E-state index in [1.54, 1.807) is 18.2 Å². The second-order valence-electron chi connectivity index (χ2n) is 7.73. The molecule has 0 aliphatic carbocycles. The van der Waals surface area contributed by atoms with Gasteiger partial charge in [-0.15, -0.1) is 0 Å². The quantitative estimate of drug-likeness (QED) is 0.702. The smallest absolute Gasteiger partial charge is 0.243 e. The van der Waals surface area contributed by atoms with Gasteiger partial charge in [0.15, 0.2) is 0 Å². The molecule has 0 aromatic heterocycles. The minimum absolute atomic E-state index is 0.0367. The number of aryl methyl sites for hydroxylation is 1. The van der Waals surface area contributed by atoms with Gasteiger partial charge in [-0.1, -0.05) is 35.9 Å². The Morgan fingerprint density at radius 1 is 1.10 bits per heavy atom. The number of halogens is 1. The third-order valence-corrected chi connectivity index (χ3v) is 7.33. The summed E-state index contributed by atoms with van der Waals surface area (Å²) >= 11 is 0. The SMILES string of the molecule is Cc1ccc(S(=O)(=O)N(CC(=O)N2CCC(C(N)=O)CC2)Cc2ccccc2F)cc1. The molecule has 0 spiro atoms. The lowest BCUT2D eigenvalue weighted by Gasteiger charge is -2.32. The van der Waals surface area contributed by atoms with Gasteiger partial charge < -0.3 is 10.6 Å². The number of sulfonamides is 1. The maximum Gasteiger partial charge on any atom is 0.243 e. The molecule has 3 rings (SSSR count). The first-order valence-corrected chi connectivity index (χ1v) is 11.5. The summed E-state index contributed by atoms with van der Waals surface area (Å²) in [6, 6.07) is 12.2. The van der Waals surface area contributed by atoms with Crippen molar-refractivity contribution in [2.45, 2.75) is 31.2 Å². The molecule has 0 atom stereocenters. The van der Waals surface area contributed by atoms with Gasteiger partial charge in [-0.2, -0.15) is 4.31 Å². The van der Waals surface area contributed by atoms with Gasteiger partial charge in [0.05, 0.1) is 11.4 Å². The van der Waals surface area contributed by atoms with Crippen LogP contribution in [0.4, 0.5) is 4.39 Å². The van der Waals surface area contributed by atoms with Crippen LogP contribution >= 0.6 is 0 Å². The molecule has 7 nitrogen and oxygen atoms in total. The van der Waals surface area contributed by atoms with Crippen molar-refractivity contribution in [1.82, 2.24) is 9.21 Å². The van der Waals surface area contributed by atoms with E-state index < -0.39 is 34.2 Å². The average Bonchev–Trinajstić information content (AvgIpc) is 2.75. The molecule has 1 fully saturated rings. The van der Waals surface area contributed by atoms with E-state index >= 15 is 0 Å². The summed E-state index contributed by atoms with van der Waals surface area (Å²) in [5.41, 5.74) is 6.41. The zero-order chi connectivity index (χ0) is 22.6. The van der Waals surface area contributed by atoms with E-state index in [1.807, 2.05) is 6.92 Å². The summed E-state index contributed by atoms with van der Waals surface area (Å²) in [5, 5.41) is 0. The molecular weight excluding hydrogens is 421 g/mol. The molecular formula is C22H26FN3O4S. The van der Waals surface area contributed by atoms with Crippen molar-refractivity contribution in [3.05, 3.63) is 65.5 Å². The zero-order valence-electron chi connectivity index (χ0n) is 17.3. The molecule has 31 heavy (non-hydrogen) atoms. The van der Waals surface area contributed by atoms with Gasteiger partial charge in [-0.3, -0.25) is 9.59 Å². The van der Waals surface area contributed by atoms with Crippen LogP contribution in [0.2, 0.25) is 0 Å². The number of primary amides is 1. The van der Waals surface area contributed by atoms with E-state index in [1.165, 1.54) is 35.2 Å². The molecule has 2 N–H and O–H groups in total. The molecule has 2 amide bonds. The number of nitrogens with two attached hydrogens (primary N) is 1. The van der Waals surface area contributed by atoms with Crippen LogP contribution in [0.15, 0.2) is 53.4 Å². The fourth-order valence-corrected chi connectivity index (χ4v) is 4.93. The van der Waals surface area contributed by atoms with Gasteiger partial charge in [-0.05, 0) is 38.0 Å². The topological polar surface area (TPSA) is 101 Å². The molecule has 0 bridgehead atoms. The summed E-state index contributed by atoms with van der Waals surface area (Å²) in [6.45, 7) is 1.79. The van der Waals surface area contributed by atoms with Crippen LogP contribution in [0.25, 0.3) is 0 Å². The largest absolute Gasteiger partial charge is 0.369 e. The minimum atomic E-state index is -4.05. The van der Waals surface area contributed by atoms with Gasteiger partial charge in [-0.25, -0.2) is 12.8 Å². The van der Waals surface area contributed by atoms with Crippen molar-refractivity contribution in [2.24, 2.45) is 11.7 Å². The van der Waals surface area contributed by atoms with Crippen molar-refractivity contribution in [2.75, 3.05) is 19.6 Å².